The molecule has 0 radical (unpaired) electrons. The molecule has 7 heteroatoms. The molecular formula is C14H14N4O2S. The summed E-state index contributed by atoms with van der Waals surface area (Å²) in [6.45, 7) is 0.346. The van der Waals surface area contributed by atoms with E-state index in [0.717, 1.165) is 10.7 Å². The molecule has 0 aliphatic rings. The maximum absolute atomic E-state index is 7.50. The molecule has 0 saturated heterocycles. The summed E-state index contributed by atoms with van der Waals surface area (Å²) in [6.07, 6.45) is 3.88. The number of imidazole rings is 1. The van der Waals surface area contributed by atoms with Crippen molar-refractivity contribution in [2.75, 3.05) is 7.11 Å². The molecular weight excluding hydrogens is 288 g/mol. The number of hydrogen-bond acceptors (Lipinski definition) is 5. The van der Waals surface area contributed by atoms with Gasteiger partial charge in [0.15, 0.2) is 4.96 Å². The summed E-state index contributed by atoms with van der Waals surface area (Å²) in [5.74, 6) is 1.17. The topological polar surface area (TPSA) is 85.6 Å². The van der Waals surface area contributed by atoms with Crippen LogP contribution in [0, 0.1) is 5.41 Å². The second-order valence-electron chi connectivity index (χ2n) is 4.42. The van der Waals surface area contributed by atoms with Gasteiger partial charge in [-0.05, 0) is 12.1 Å². The van der Waals surface area contributed by atoms with Crippen LogP contribution in [0.3, 0.4) is 0 Å². The lowest BCUT2D eigenvalue weighted by Crippen LogP contribution is -2.11. The molecule has 0 aliphatic heterocycles. The first-order chi connectivity index (χ1) is 10.2. The van der Waals surface area contributed by atoms with Crippen molar-refractivity contribution >= 4 is 22.1 Å². The molecule has 0 amide bonds. The Morgan fingerprint density at radius 1 is 1.38 bits per heavy atom. The predicted molar refractivity (Wildman–Crippen MR) is 81.4 cm³/mol. The standard InChI is InChI=1S/C14H14N4O2S/c1-19-11-4-9(13(15)16)5-12(6-11)20-8-10-7-18-2-3-21-14(18)17-10/h2-7H,8H2,1H3,(H3,15,16). The van der Waals surface area contributed by atoms with E-state index in [1.54, 1.807) is 36.6 Å². The van der Waals surface area contributed by atoms with Crippen molar-refractivity contribution < 1.29 is 9.47 Å². The Morgan fingerprint density at radius 2 is 2.19 bits per heavy atom. The number of benzene rings is 1. The molecule has 0 aliphatic carbocycles. The van der Waals surface area contributed by atoms with Gasteiger partial charge in [0.05, 0.1) is 12.8 Å². The van der Waals surface area contributed by atoms with E-state index in [4.69, 9.17) is 20.6 Å². The van der Waals surface area contributed by atoms with Crippen LogP contribution in [0.15, 0.2) is 36.0 Å². The van der Waals surface area contributed by atoms with Crippen molar-refractivity contribution in [1.29, 1.82) is 5.41 Å². The summed E-state index contributed by atoms with van der Waals surface area (Å²) in [5, 5.41) is 9.49. The van der Waals surface area contributed by atoms with Crippen molar-refractivity contribution in [1.82, 2.24) is 9.38 Å². The molecule has 2 aromatic heterocycles. The van der Waals surface area contributed by atoms with Gasteiger partial charge in [-0.1, -0.05) is 0 Å². The average Bonchev–Trinajstić information content (AvgIpc) is 3.05. The smallest absolute Gasteiger partial charge is 0.193 e. The average molecular weight is 302 g/mol. The van der Waals surface area contributed by atoms with Crippen molar-refractivity contribution in [2.24, 2.45) is 5.73 Å². The number of fused-ring (bicyclic) bond motifs is 1. The number of nitrogens with two attached hydrogens (primary N) is 1. The Bertz CT molecular complexity index is 765. The van der Waals surface area contributed by atoms with Gasteiger partial charge in [0, 0.05) is 29.4 Å². The first-order valence-corrected chi connectivity index (χ1v) is 7.11. The normalized spacial score (nSPS) is 10.7. The van der Waals surface area contributed by atoms with Crippen LogP contribution in [0.1, 0.15) is 11.3 Å². The molecule has 108 valence electrons. The molecule has 0 spiro atoms. The maximum Gasteiger partial charge on any atom is 0.193 e. The van der Waals surface area contributed by atoms with Gasteiger partial charge < -0.3 is 15.2 Å². The van der Waals surface area contributed by atoms with Crippen molar-refractivity contribution in [3.8, 4) is 11.5 Å². The second kappa shape index (κ2) is 5.45. The summed E-state index contributed by atoms with van der Waals surface area (Å²) in [4.78, 5) is 5.38. The number of methoxy groups -OCH3 is 1. The minimum atomic E-state index is -0.0266. The lowest BCUT2D eigenvalue weighted by atomic mass is 10.2. The SMILES string of the molecule is COc1cc(OCc2cn3ccsc3n2)cc(C(=N)N)c1. The molecule has 3 rings (SSSR count). The van der Waals surface area contributed by atoms with Crippen molar-refractivity contribution in [2.45, 2.75) is 6.61 Å². The number of hydrogen-bond donors (Lipinski definition) is 2. The lowest BCUT2D eigenvalue weighted by molar-refractivity contribution is 0.299. The number of amidine groups is 1. The van der Waals surface area contributed by atoms with Crippen molar-refractivity contribution in [3.05, 3.63) is 47.2 Å². The minimum absolute atomic E-state index is 0.0266. The summed E-state index contributed by atoms with van der Waals surface area (Å²) < 4.78 is 12.9. The minimum Gasteiger partial charge on any atom is -0.497 e. The summed E-state index contributed by atoms with van der Waals surface area (Å²) >= 11 is 1.57. The molecule has 3 aromatic rings. The molecule has 21 heavy (non-hydrogen) atoms. The third kappa shape index (κ3) is 2.82. The fourth-order valence-electron chi connectivity index (χ4n) is 1.93. The molecule has 3 N–H and O–H groups in total. The molecule has 0 saturated carbocycles. The van der Waals surface area contributed by atoms with Crippen LogP contribution in [0.5, 0.6) is 11.5 Å². The molecule has 2 heterocycles. The Hall–Kier alpha value is -2.54. The Kier molecular flexibility index (Phi) is 3.49. The quantitative estimate of drug-likeness (QED) is 0.559. The first kappa shape index (κ1) is 13.4. The summed E-state index contributed by atoms with van der Waals surface area (Å²) in [7, 11) is 1.56. The van der Waals surface area contributed by atoms with Crippen LogP contribution in [0.25, 0.3) is 4.96 Å². The first-order valence-electron chi connectivity index (χ1n) is 6.23. The van der Waals surface area contributed by atoms with Crippen molar-refractivity contribution in [3.63, 3.8) is 0 Å². The van der Waals surface area contributed by atoms with Crippen LogP contribution in [0.2, 0.25) is 0 Å². The molecule has 1 aromatic carbocycles. The molecule has 0 fully saturated rings. The number of nitrogens with one attached hydrogen (secondary N) is 1. The summed E-state index contributed by atoms with van der Waals surface area (Å²) in [6, 6.07) is 5.16. The number of rotatable bonds is 5. The van der Waals surface area contributed by atoms with E-state index in [1.807, 2.05) is 22.2 Å². The highest BCUT2D eigenvalue weighted by molar-refractivity contribution is 7.15. The molecule has 6 nitrogen and oxygen atoms in total. The van der Waals surface area contributed by atoms with Crippen LogP contribution >= 0.6 is 11.3 Å². The fraction of sp³-hybridized carbons (Fsp3) is 0.143. The number of nitrogen functional groups attached to an aromatic ring is 1. The predicted octanol–water partition coefficient (Wildman–Crippen LogP) is 2.27. The number of aromatic nitrogens is 2. The van der Waals surface area contributed by atoms with E-state index in [-0.39, 0.29) is 5.84 Å². The highest BCUT2D eigenvalue weighted by atomic mass is 32.1. The second-order valence-corrected chi connectivity index (χ2v) is 5.30. The zero-order chi connectivity index (χ0) is 14.8. The molecule has 0 atom stereocenters. The number of nitrogens with zero attached hydrogens (tertiary/aromatic N) is 2. The van der Waals surface area contributed by atoms with Crippen LogP contribution < -0.4 is 15.2 Å². The summed E-state index contributed by atoms with van der Waals surface area (Å²) in [5.41, 5.74) is 6.92. The monoisotopic (exact) mass is 302 g/mol. The third-order valence-electron chi connectivity index (χ3n) is 2.96. The van der Waals surface area contributed by atoms with Gasteiger partial charge in [0.2, 0.25) is 0 Å². The van der Waals surface area contributed by atoms with Gasteiger partial charge >= 0.3 is 0 Å². The van der Waals surface area contributed by atoms with Gasteiger partial charge in [0.1, 0.15) is 23.9 Å². The van der Waals surface area contributed by atoms with Gasteiger partial charge in [-0.15, -0.1) is 11.3 Å². The third-order valence-corrected chi connectivity index (χ3v) is 3.73. The molecule has 0 bridgehead atoms. The maximum atomic E-state index is 7.50. The van der Waals surface area contributed by atoms with E-state index in [2.05, 4.69) is 4.98 Å². The zero-order valence-corrected chi connectivity index (χ0v) is 12.2. The largest absolute Gasteiger partial charge is 0.497 e. The number of ether oxygens (including phenoxy) is 2. The van der Waals surface area contributed by atoms with Gasteiger partial charge in [-0.3, -0.25) is 9.81 Å². The fourth-order valence-corrected chi connectivity index (χ4v) is 2.65. The Labute approximate surface area is 125 Å². The van der Waals surface area contributed by atoms with E-state index in [1.165, 1.54) is 0 Å². The van der Waals surface area contributed by atoms with Gasteiger partial charge in [-0.2, -0.15) is 0 Å². The van der Waals surface area contributed by atoms with Gasteiger partial charge in [0.25, 0.3) is 0 Å². The highest BCUT2D eigenvalue weighted by Gasteiger charge is 2.07. The Balaban J connectivity index is 1.79. The van der Waals surface area contributed by atoms with Crippen LogP contribution in [-0.2, 0) is 6.61 Å². The van der Waals surface area contributed by atoms with Crippen LogP contribution in [0.4, 0.5) is 0 Å². The van der Waals surface area contributed by atoms with E-state index >= 15 is 0 Å². The van der Waals surface area contributed by atoms with Crippen LogP contribution in [-0.4, -0.2) is 22.3 Å². The van der Waals surface area contributed by atoms with E-state index in [9.17, 15) is 0 Å². The van der Waals surface area contributed by atoms with E-state index < -0.39 is 0 Å². The highest BCUT2D eigenvalue weighted by Crippen LogP contribution is 2.23. The van der Waals surface area contributed by atoms with E-state index in [0.29, 0.717) is 23.7 Å². The van der Waals surface area contributed by atoms with Gasteiger partial charge in [-0.25, -0.2) is 4.98 Å². The lowest BCUT2D eigenvalue weighted by Gasteiger charge is -2.09. The zero-order valence-electron chi connectivity index (χ0n) is 11.4. The number of thiazole rings is 1. The Morgan fingerprint density at radius 3 is 2.90 bits per heavy atom. The molecule has 0 unspecified atom stereocenters.